The van der Waals surface area contributed by atoms with E-state index < -0.39 is 29.6 Å². The molecule has 2 fully saturated rings. The van der Waals surface area contributed by atoms with Crippen LogP contribution >= 0.6 is 15.9 Å². The SMILES string of the molecule is CC(C)(NC(=O)[C@@H]1CC[C@@H]([NH+]2CCOCC2)C[C@H]1c1ccc(Br)cc1)c1ccc(C(F)(F)F)nc1.O=C([O-])C(F)(F)F. The lowest BCUT2D eigenvalue weighted by Gasteiger charge is -2.41. The van der Waals surface area contributed by atoms with Gasteiger partial charge in [-0.05, 0) is 49.6 Å². The lowest BCUT2D eigenvalue weighted by molar-refractivity contribution is -0.934. The number of aliphatic carboxylic acids is 1. The molecule has 42 heavy (non-hydrogen) atoms. The van der Waals surface area contributed by atoms with Gasteiger partial charge in [0, 0.05) is 35.3 Å². The largest absolute Gasteiger partial charge is 0.542 e. The van der Waals surface area contributed by atoms with E-state index in [9.17, 15) is 31.1 Å². The van der Waals surface area contributed by atoms with Gasteiger partial charge < -0.3 is 24.9 Å². The zero-order valence-corrected chi connectivity index (χ0v) is 24.5. The van der Waals surface area contributed by atoms with Crippen molar-refractivity contribution in [2.75, 3.05) is 26.3 Å². The van der Waals surface area contributed by atoms with Crippen molar-refractivity contribution >= 4 is 27.8 Å². The van der Waals surface area contributed by atoms with Gasteiger partial charge in [0.15, 0.2) is 0 Å². The van der Waals surface area contributed by atoms with Crippen LogP contribution in [0, 0.1) is 5.92 Å². The van der Waals surface area contributed by atoms with Gasteiger partial charge in [0.25, 0.3) is 0 Å². The number of carbonyl (C=O) groups is 2. The number of amides is 1. The number of benzene rings is 1. The minimum atomic E-state index is -5.19. The molecule has 4 rings (SSSR count). The predicted molar refractivity (Wildman–Crippen MR) is 141 cm³/mol. The molecule has 1 aromatic carbocycles. The molecule has 232 valence electrons. The smallest absolute Gasteiger partial charge is 0.433 e. The molecule has 1 aliphatic carbocycles. The lowest BCUT2D eigenvalue weighted by atomic mass is 9.72. The minimum absolute atomic E-state index is 0.0683. The molecular weight excluding hydrogens is 636 g/mol. The predicted octanol–water partition coefficient (Wildman–Crippen LogP) is 3.38. The monoisotopic (exact) mass is 667 g/mol. The number of ether oxygens (including phenoxy) is 1. The second kappa shape index (κ2) is 13.7. The third kappa shape index (κ3) is 9.14. The van der Waals surface area contributed by atoms with Gasteiger partial charge >= 0.3 is 12.4 Å². The van der Waals surface area contributed by atoms with Crippen LogP contribution in [0.3, 0.4) is 0 Å². The molecule has 7 nitrogen and oxygen atoms in total. The maximum absolute atomic E-state index is 13.6. The summed E-state index contributed by atoms with van der Waals surface area (Å²) in [5.41, 5.74) is -0.127. The molecule has 1 saturated carbocycles. The fourth-order valence-electron chi connectivity index (χ4n) is 5.38. The van der Waals surface area contributed by atoms with Crippen LogP contribution in [-0.4, -0.2) is 55.4 Å². The zero-order valence-electron chi connectivity index (χ0n) is 22.9. The molecule has 2 aliphatic rings. The Morgan fingerprint density at radius 1 is 1.00 bits per heavy atom. The highest BCUT2D eigenvalue weighted by molar-refractivity contribution is 9.10. The van der Waals surface area contributed by atoms with E-state index in [0.29, 0.717) is 11.6 Å². The number of hydrogen-bond donors (Lipinski definition) is 2. The number of aromatic nitrogens is 1. The first-order chi connectivity index (χ1) is 19.5. The Hall–Kier alpha value is -2.71. The average molecular weight is 668 g/mol. The van der Waals surface area contributed by atoms with Gasteiger partial charge in [0.05, 0.1) is 24.8 Å². The van der Waals surface area contributed by atoms with Crippen molar-refractivity contribution in [1.82, 2.24) is 10.3 Å². The number of carboxylic acid groups (broad SMARTS) is 1. The Labute approximate surface area is 247 Å². The zero-order chi connectivity index (χ0) is 31.3. The summed E-state index contributed by atoms with van der Waals surface area (Å²) in [5.74, 6) is -3.22. The number of quaternary nitrogens is 1. The quantitative estimate of drug-likeness (QED) is 0.477. The number of halogens is 7. The average Bonchev–Trinajstić information content (AvgIpc) is 2.93. The van der Waals surface area contributed by atoms with Gasteiger partial charge in [-0.15, -0.1) is 0 Å². The van der Waals surface area contributed by atoms with Crippen LogP contribution in [0.15, 0.2) is 47.1 Å². The third-order valence-corrected chi connectivity index (χ3v) is 8.17. The molecule has 0 radical (unpaired) electrons. The highest BCUT2D eigenvalue weighted by Gasteiger charge is 2.41. The van der Waals surface area contributed by atoms with Gasteiger partial charge in [-0.1, -0.05) is 34.1 Å². The normalized spacial score (nSPS) is 22.1. The standard InChI is InChI=1S/C26H31BrF3N3O2.C2HF3O2/c1-25(2,18-5-10-23(31-16-18)26(28,29)30)32-24(34)21-9-8-20(33-11-13-35-14-12-33)15-22(21)17-3-6-19(27)7-4-17;3-2(4,5)1(6)7/h3-7,10,16,20-22H,8-9,11-15H2,1-2H3,(H,32,34);(H,6,7)/t20-,21-,22+;/m1./s1. The third-order valence-electron chi connectivity index (χ3n) is 7.64. The maximum atomic E-state index is 13.6. The number of morpholine rings is 1. The molecule has 0 bridgehead atoms. The highest BCUT2D eigenvalue weighted by Crippen LogP contribution is 2.39. The molecule has 1 aromatic heterocycles. The molecule has 1 aliphatic heterocycles. The van der Waals surface area contributed by atoms with E-state index >= 15 is 0 Å². The van der Waals surface area contributed by atoms with Crippen LogP contribution in [-0.2, 0) is 26.0 Å². The number of rotatable bonds is 5. The Morgan fingerprint density at radius 2 is 1.60 bits per heavy atom. The van der Waals surface area contributed by atoms with E-state index in [1.54, 1.807) is 18.7 Å². The number of nitrogens with one attached hydrogen (secondary N) is 2. The van der Waals surface area contributed by atoms with Crippen LogP contribution in [0.25, 0.3) is 0 Å². The van der Waals surface area contributed by atoms with Crippen molar-refractivity contribution < 1.29 is 50.7 Å². The van der Waals surface area contributed by atoms with Crippen LogP contribution in [0.2, 0.25) is 0 Å². The van der Waals surface area contributed by atoms with E-state index in [0.717, 1.165) is 61.7 Å². The number of carboxylic acids is 1. The molecule has 1 saturated heterocycles. The maximum Gasteiger partial charge on any atom is 0.433 e. The summed E-state index contributed by atoms with van der Waals surface area (Å²) in [6.45, 7) is 7.12. The van der Waals surface area contributed by atoms with Gasteiger partial charge in [-0.25, -0.2) is 0 Å². The van der Waals surface area contributed by atoms with Gasteiger partial charge in [-0.2, -0.15) is 26.3 Å². The number of hydrogen-bond acceptors (Lipinski definition) is 5. The molecule has 2 heterocycles. The number of pyridine rings is 1. The minimum Gasteiger partial charge on any atom is -0.542 e. The summed E-state index contributed by atoms with van der Waals surface area (Å²) in [4.78, 5) is 27.5. The molecule has 3 atom stereocenters. The Kier molecular flexibility index (Phi) is 11.0. The molecule has 2 N–H and O–H groups in total. The molecule has 0 unspecified atom stereocenters. The first-order valence-corrected chi connectivity index (χ1v) is 14.1. The van der Waals surface area contributed by atoms with Crippen LogP contribution in [0.1, 0.15) is 55.8 Å². The number of nitrogens with zero attached hydrogens (tertiary/aromatic N) is 1. The van der Waals surface area contributed by atoms with Crippen molar-refractivity contribution in [3.63, 3.8) is 0 Å². The van der Waals surface area contributed by atoms with E-state index in [2.05, 4.69) is 38.4 Å². The summed E-state index contributed by atoms with van der Waals surface area (Å²) >= 11 is 3.50. The van der Waals surface area contributed by atoms with E-state index in [4.69, 9.17) is 14.6 Å². The summed E-state index contributed by atoms with van der Waals surface area (Å²) < 4.78 is 76.8. The van der Waals surface area contributed by atoms with Gasteiger partial charge in [-0.3, -0.25) is 9.78 Å². The van der Waals surface area contributed by atoms with Crippen molar-refractivity contribution in [1.29, 1.82) is 0 Å². The Morgan fingerprint density at radius 3 is 2.10 bits per heavy atom. The molecule has 0 spiro atoms. The fourth-order valence-corrected chi connectivity index (χ4v) is 5.64. The van der Waals surface area contributed by atoms with Gasteiger partial charge in [0.2, 0.25) is 5.91 Å². The topological polar surface area (TPSA) is 95.8 Å². The van der Waals surface area contributed by atoms with E-state index in [1.165, 1.54) is 12.3 Å². The van der Waals surface area contributed by atoms with Crippen molar-refractivity contribution in [2.24, 2.45) is 5.92 Å². The summed E-state index contributed by atoms with van der Waals surface area (Å²) in [6, 6.07) is 11.0. The summed E-state index contributed by atoms with van der Waals surface area (Å²) in [6.07, 6.45) is -5.85. The van der Waals surface area contributed by atoms with Crippen molar-refractivity contribution in [3.05, 3.63) is 63.9 Å². The molecule has 1 amide bonds. The lowest BCUT2D eigenvalue weighted by Crippen LogP contribution is -3.17. The summed E-state index contributed by atoms with van der Waals surface area (Å²) in [5, 5.41) is 11.9. The molecule has 14 heteroatoms. The molecular formula is C28H32BrF6N3O4. The number of alkyl halides is 6. The van der Waals surface area contributed by atoms with Crippen molar-refractivity contribution in [3.8, 4) is 0 Å². The Bertz CT molecular complexity index is 1200. The van der Waals surface area contributed by atoms with Crippen LogP contribution in [0.5, 0.6) is 0 Å². The number of carbonyl (C=O) groups excluding carboxylic acids is 2. The van der Waals surface area contributed by atoms with Crippen LogP contribution in [0.4, 0.5) is 26.3 Å². The first-order valence-electron chi connectivity index (χ1n) is 13.3. The highest BCUT2D eigenvalue weighted by atomic mass is 79.9. The fraction of sp³-hybridized carbons (Fsp3) is 0.536. The van der Waals surface area contributed by atoms with Crippen LogP contribution < -0.4 is 15.3 Å². The first kappa shape index (κ1) is 33.8. The van der Waals surface area contributed by atoms with Crippen molar-refractivity contribution in [2.45, 2.75) is 63.0 Å². The Balaban J connectivity index is 0.000000616. The summed E-state index contributed by atoms with van der Waals surface area (Å²) in [7, 11) is 0. The van der Waals surface area contributed by atoms with E-state index in [1.807, 2.05) is 12.1 Å². The molecule has 2 aromatic rings. The van der Waals surface area contributed by atoms with E-state index in [-0.39, 0.29) is 17.7 Å². The van der Waals surface area contributed by atoms with Gasteiger partial charge in [0.1, 0.15) is 24.8 Å². The second-order valence-electron chi connectivity index (χ2n) is 10.9. The second-order valence-corrected chi connectivity index (χ2v) is 11.8.